The molecule has 1 saturated carbocycles. The third kappa shape index (κ3) is 5.35. The number of nitrogen functional groups attached to an aromatic ring is 1. The van der Waals surface area contributed by atoms with Gasteiger partial charge in [-0.05, 0) is 31.4 Å². The number of anilines is 2. The standard InChI is InChI=1S/C21H20F5N7O3/c22-20(23)36-15-3-1-2-14(15)33(9-11-5-4-10(6-28-11)21(24,25)26)19(35)18(34)31-13-8-29-17(27)12-7-30-32-16(12)13/h4-8,14-15,20H,1-3,9H2,(H2,27,29)(H,30,32)(H,31,34)/t14-,15-/m1/s1. The van der Waals surface area contributed by atoms with Crippen molar-refractivity contribution in [2.24, 2.45) is 0 Å². The van der Waals surface area contributed by atoms with Crippen LogP contribution in [0, 0.1) is 0 Å². The number of nitrogens with one attached hydrogen (secondary N) is 2. The number of H-pyrrole nitrogens is 1. The number of carbonyl (C=O) groups excluding carboxylic acids is 2. The van der Waals surface area contributed by atoms with E-state index in [2.05, 4.69) is 30.2 Å². The van der Waals surface area contributed by atoms with Gasteiger partial charge in [0.15, 0.2) is 0 Å². The molecule has 0 radical (unpaired) electrons. The predicted octanol–water partition coefficient (Wildman–Crippen LogP) is 3.08. The third-order valence-corrected chi connectivity index (χ3v) is 5.80. The molecule has 3 heterocycles. The number of carbonyl (C=O) groups is 2. The summed E-state index contributed by atoms with van der Waals surface area (Å²) >= 11 is 0. The second kappa shape index (κ2) is 10.0. The zero-order valence-electron chi connectivity index (χ0n) is 18.4. The van der Waals surface area contributed by atoms with Crippen LogP contribution in [0.2, 0.25) is 0 Å². The van der Waals surface area contributed by atoms with E-state index < -0.39 is 48.9 Å². The second-order valence-corrected chi connectivity index (χ2v) is 8.07. The Balaban J connectivity index is 1.60. The first-order chi connectivity index (χ1) is 17.0. The summed E-state index contributed by atoms with van der Waals surface area (Å²) in [5.41, 5.74) is 5.18. The monoisotopic (exact) mass is 513 g/mol. The molecule has 0 aromatic carbocycles. The largest absolute Gasteiger partial charge is 0.417 e. The number of alkyl halides is 5. The van der Waals surface area contributed by atoms with Crippen molar-refractivity contribution in [3.63, 3.8) is 0 Å². The van der Waals surface area contributed by atoms with Crippen molar-refractivity contribution in [2.45, 2.75) is 50.7 Å². The van der Waals surface area contributed by atoms with Crippen LogP contribution in [0.25, 0.3) is 10.9 Å². The van der Waals surface area contributed by atoms with E-state index in [1.165, 1.54) is 12.4 Å². The maximum Gasteiger partial charge on any atom is 0.417 e. The van der Waals surface area contributed by atoms with Crippen molar-refractivity contribution in [1.29, 1.82) is 0 Å². The average molecular weight is 513 g/mol. The molecule has 0 bridgehead atoms. The summed E-state index contributed by atoms with van der Waals surface area (Å²) in [7, 11) is 0. The van der Waals surface area contributed by atoms with E-state index in [1.54, 1.807) is 0 Å². The highest BCUT2D eigenvalue weighted by Gasteiger charge is 2.39. The van der Waals surface area contributed by atoms with Crippen molar-refractivity contribution < 1.29 is 36.3 Å². The van der Waals surface area contributed by atoms with Crippen molar-refractivity contribution in [1.82, 2.24) is 25.1 Å². The maximum absolute atomic E-state index is 13.2. The molecule has 10 nitrogen and oxygen atoms in total. The molecule has 15 heteroatoms. The van der Waals surface area contributed by atoms with E-state index in [0.717, 1.165) is 17.0 Å². The molecule has 36 heavy (non-hydrogen) atoms. The van der Waals surface area contributed by atoms with Gasteiger partial charge in [-0.15, -0.1) is 0 Å². The summed E-state index contributed by atoms with van der Waals surface area (Å²) in [4.78, 5) is 34.8. The van der Waals surface area contributed by atoms with E-state index in [-0.39, 0.29) is 30.0 Å². The number of nitrogens with zero attached hydrogens (tertiary/aromatic N) is 4. The lowest BCUT2D eigenvalue weighted by molar-refractivity contribution is -0.178. The van der Waals surface area contributed by atoms with Gasteiger partial charge in [0.25, 0.3) is 0 Å². The van der Waals surface area contributed by atoms with Crippen LogP contribution in [0.3, 0.4) is 0 Å². The number of pyridine rings is 2. The first-order valence-corrected chi connectivity index (χ1v) is 10.7. The number of halogens is 5. The topological polar surface area (TPSA) is 139 Å². The van der Waals surface area contributed by atoms with Crippen LogP contribution in [0.15, 0.2) is 30.7 Å². The highest BCUT2D eigenvalue weighted by molar-refractivity contribution is 6.40. The zero-order chi connectivity index (χ0) is 26.0. The van der Waals surface area contributed by atoms with Gasteiger partial charge < -0.3 is 20.7 Å². The SMILES string of the molecule is Nc1ncc(NC(=O)C(=O)N(Cc2ccc(C(F)(F)F)cn2)[C@@H]2CCC[C@H]2OC(F)F)c2[nH]ncc12. The Hall–Kier alpha value is -3.88. The molecular formula is C21H20F5N7O3. The van der Waals surface area contributed by atoms with E-state index >= 15 is 0 Å². The Kier molecular flexibility index (Phi) is 7.01. The molecule has 4 N–H and O–H groups in total. The molecule has 0 spiro atoms. The molecular weight excluding hydrogens is 493 g/mol. The van der Waals surface area contributed by atoms with Gasteiger partial charge in [-0.25, -0.2) is 4.98 Å². The van der Waals surface area contributed by atoms with Crippen LogP contribution in [0.4, 0.5) is 33.5 Å². The van der Waals surface area contributed by atoms with Crippen molar-refractivity contribution in [3.8, 4) is 0 Å². The predicted molar refractivity (Wildman–Crippen MR) is 115 cm³/mol. The molecule has 1 aliphatic carbocycles. The van der Waals surface area contributed by atoms with Gasteiger partial charge in [-0.3, -0.25) is 19.7 Å². The van der Waals surface area contributed by atoms with Gasteiger partial charge in [0.1, 0.15) is 5.82 Å². The molecule has 3 aromatic rings. The Morgan fingerprint density at radius 3 is 2.64 bits per heavy atom. The lowest BCUT2D eigenvalue weighted by atomic mass is 10.1. The minimum Gasteiger partial charge on any atom is -0.383 e. The van der Waals surface area contributed by atoms with Crippen LogP contribution in [0.5, 0.6) is 0 Å². The first-order valence-electron chi connectivity index (χ1n) is 10.7. The second-order valence-electron chi connectivity index (χ2n) is 8.07. The number of hydrogen-bond donors (Lipinski definition) is 3. The number of amides is 2. The fourth-order valence-corrected chi connectivity index (χ4v) is 4.11. The smallest absolute Gasteiger partial charge is 0.383 e. The number of rotatable bonds is 6. The van der Waals surface area contributed by atoms with Crippen LogP contribution in [-0.2, 0) is 27.0 Å². The number of fused-ring (bicyclic) bond motifs is 1. The molecule has 192 valence electrons. The van der Waals surface area contributed by atoms with Gasteiger partial charge in [0.2, 0.25) is 0 Å². The summed E-state index contributed by atoms with van der Waals surface area (Å²) in [5.74, 6) is -2.11. The van der Waals surface area contributed by atoms with Crippen molar-refractivity contribution >= 4 is 34.2 Å². The van der Waals surface area contributed by atoms with E-state index in [0.29, 0.717) is 23.5 Å². The minimum absolute atomic E-state index is 0.0250. The van der Waals surface area contributed by atoms with Crippen LogP contribution in [-0.4, -0.2) is 55.6 Å². The third-order valence-electron chi connectivity index (χ3n) is 5.80. The van der Waals surface area contributed by atoms with E-state index in [9.17, 15) is 31.5 Å². The number of aromatic nitrogens is 4. The average Bonchev–Trinajstić information content (AvgIpc) is 3.49. The molecule has 0 saturated heterocycles. The summed E-state index contributed by atoms with van der Waals surface area (Å²) < 4.78 is 69.2. The molecule has 2 atom stereocenters. The van der Waals surface area contributed by atoms with Gasteiger partial charge in [0.05, 0.1) is 58.9 Å². The van der Waals surface area contributed by atoms with Gasteiger partial charge in [0, 0.05) is 6.20 Å². The lowest BCUT2D eigenvalue weighted by Crippen LogP contribution is -2.49. The lowest BCUT2D eigenvalue weighted by Gasteiger charge is -2.32. The van der Waals surface area contributed by atoms with Crippen molar-refractivity contribution in [2.75, 3.05) is 11.1 Å². The Morgan fingerprint density at radius 2 is 1.97 bits per heavy atom. The summed E-state index contributed by atoms with van der Waals surface area (Å²) in [5, 5.41) is 9.24. The fraction of sp³-hybridized carbons (Fsp3) is 0.381. The van der Waals surface area contributed by atoms with Gasteiger partial charge in [-0.1, -0.05) is 0 Å². The highest BCUT2D eigenvalue weighted by atomic mass is 19.4. The number of ether oxygens (including phenoxy) is 1. The fourth-order valence-electron chi connectivity index (χ4n) is 4.11. The number of nitrogens with two attached hydrogens (primary N) is 1. The molecule has 1 fully saturated rings. The van der Waals surface area contributed by atoms with E-state index in [4.69, 9.17) is 5.73 Å². The zero-order valence-corrected chi connectivity index (χ0v) is 18.4. The summed E-state index contributed by atoms with van der Waals surface area (Å²) in [6.45, 7) is -3.52. The molecule has 1 aliphatic rings. The number of aromatic amines is 1. The van der Waals surface area contributed by atoms with Gasteiger partial charge in [-0.2, -0.15) is 27.1 Å². The quantitative estimate of drug-likeness (QED) is 0.340. The van der Waals surface area contributed by atoms with Crippen LogP contribution < -0.4 is 11.1 Å². The Labute approximate surface area is 200 Å². The molecule has 3 aromatic heterocycles. The molecule has 4 rings (SSSR count). The Bertz CT molecular complexity index is 1250. The summed E-state index contributed by atoms with van der Waals surface area (Å²) in [6, 6.07) is 0.900. The van der Waals surface area contributed by atoms with E-state index in [1.807, 2.05) is 0 Å². The molecule has 0 unspecified atom stereocenters. The Morgan fingerprint density at radius 1 is 1.19 bits per heavy atom. The van der Waals surface area contributed by atoms with Crippen LogP contribution >= 0.6 is 0 Å². The molecule has 2 amide bonds. The first kappa shape index (κ1) is 25.2. The normalized spacial score (nSPS) is 18.1. The highest BCUT2D eigenvalue weighted by Crippen LogP contribution is 2.31. The maximum atomic E-state index is 13.2. The van der Waals surface area contributed by atoms with Gasteiger partial charge >= 0.3 is 24.6 Å². The van der Waals surface area contributed by atoms with Crippen molar-refractivity contribution in [3.05, 3.63) is 42.0 Å². The molecule has 0 aliphatic heterocycles. The van der Waals surface area contributed by atoms with Crippen LogP contribution in [0.1, 0.15) is 30.5 Å². The minimum atomic E-state index is -4.62. The summed E-state index contributed by atoms with van der Waals surface area (Å²) in [6.07, 6.45) is -1.63. The number of hydrogen-bond acceptors (Lipinski definition) is 7.